The Hall–Kier alpha value is -4.93. The van der Waals surface area contributed by atoms with Gasteiger partial charge in [-0.25, -0.2) is 15.0 Å². The summed E-state index contributed by atoms with van der Waals surface area (Å²) < 4.78 is 2.49. The number of thiophene rings is 1. The lowest BCUT2D eigenvalue weighted by molar-refractivity contribution is 0.781. The van der Waals surface area contributed by atoms with E-state index in [1.54, 1.807) is 0 Å². The predicted molar refractivity (Wildman–Crippen MR) is 171 cm³/mol. The van der Waals surface area contributed by atoms with Crippen LogP contribution in [0.2, 0.25) is 0 Å². The average Bonchev–Trinajstić information content (AvgIpc) is 3.43. The zero-order chi connectivity index (χ0) is 27.2. The standard InChI is InChI=1S/C37H25N3S/c1-3-11-24(12-4-1)29-22-31(34-30-17-9-10-18-32(30)41-33(34)23-29)37-39-35(26-14-5-2-6-15-26)38-36(40-37)28-20-19-25-13-7-8-16-27(25)21-28/h1-18,20-23,25H,19H2. The molecule has 3 nitrogen and oxygen atoms in total. The minimum absolute atomic E-state index is 0.415. The number of allylic oxidation sites excluding steroid dienone is 8. The van der Waals surface area contributed by atoms with Gasteiger partial charge in [-0.05, 0) is 47.4 Å². The first-order valence-electron chi connectivity index (χ1n) is 13.9. The van der Waals surface area contributed by atoms with Crippen molar-refractivity contribution in [3.63, 3.8) is 0 Å². The van der Waals surface area contributed by atoms with Crippen molar-refractivity contribution in [1.82, 2.24) is 15.0 Å². The van der Waals surface area contributed by atoms with Crippen LogP contribution in [0, 0.1) is 5.92 Å². The minimum atomic E-state index is 0.415. The number of aromatic nitrogens is 3. The molecular weight excluding hydrogens is 518 g/mol. The van der Waals surface area contributed by atoms with Gasteiger partial charge in [0, 0.05) is 42.8 Å². The Labute approximate surface area is 242 Å². The van der Waals surface area contributed by atoms with Crippen LogP contribution >= 0.6 is 11.3 Å². The summed E-state index contributed by atoms with van der Waals surface area (Å²) in [7, 11) is 0. The summed E-state index contributed by atoms with van der Waals surface area (Å²) in [4.78, 5) is 15.3. The maximum Gasteiger partial charge on any atom is 0.164 e. The molecule has 1 unspecified atom stereocenters. The summed E-state index contributed by atoms with van der Waals surface area (Å²) in [6.45, 7) is 0. The van der Waals surface area contributed by atoms with Crippen LogP contribution in [0.3, 0.4) is 0 Å². The van der Waals surface area contributed by atoms with Gasteiger partial charge >= 0.3 is 0 Å². The quantitative estimate of drug-likeness (QED) is 0.222. The summed E-state index contributed by atoms with van der Waals surface area (Å²) in [5.41, 5.74) is 6.68. The first-order valence-corrected chi connectivity index (χ1v) is 14.7. The number of rotatable bonds is 4. The molecule has 0 fully saturated rings. The average molecular weight is 544 g/mol. The fraction of sp³-hybridized carbons (Fsp3) is 0.0541. The second kappa shape index (κ2) is 9.92. The molecule has 2 aliphatic carbocycles. The van der Waals surface area contributed by atoms with E-state index in [-0.39, 0.29) is 0 Å². The summed E-state index contributed by atoms with van der Waals surface area (Å²) in [6, 6.07) is 33.9. The third kappa shape index (κ3) is 4.33. The van der Waals surface area contributed by atoms with Gasteiger partial charge in [-0.1, -0.05) is 109 Å². The summed E-state index contributed by atoms with van der Waals surface area (Å²) >= 11 is 1.82. The molecule has 0 radical (unpaired) electrons. The van der Waals surface area contributed by atoms with Crippen molar-refractivity contribution in [1.29, 1.82) is 0 Å². The van der Waals surface area contributed by atoms with E-state index in [0.717, 1.165) is 28.7 Å². The van der Waals surface area contributed by atoms with Gasteiger partial charge in [0.15, 0.2) is 17.5 Å². The molecule has 0 bridgehead atoms. The molecule has 4 heteroatoms. The van der Waals surface area contributed by atoms with Crippen LogP contribution in [0.5, 0.6) is 0 Å². The highest BCUT2D eigenvalue weighted by atomic mass is 32.1. The molecule has 2 heterocycles. The van der Waals surface area contributed by atoms with Crippen molar-refractivity contribution in [3.05, 3.63) is 145 Å². The van der Waals surface area contributed by atoms with E-state index in [1.807, 2.05) is 29.5 Å². The number of hydrogen-bond acceptors (Lipinski definition) is 4. The van der Waals surface area contributed by atoms with Crippen LogP contribution < -0.4 is 0 Å². The van der Waals surface area contributed by atoms with E-state index in [2.05, 4.69) is 115 Å². The molecule has 0 spiro atoms. The van der Waals surface area contributed by atoms with Gasteiger partial charge in [0.05, 0.1) is 0 Å². The van der Waals surface area contributed by atoms with E-state index in [1.165, 1.54) is 31.3 Å². The lowest BCUT2D eigenvalue weighted by atomic mass is 9.85. The van der Waals surface area contributed by atoms with Crippen LogP contribution in [-0.4, -0.2) is 15.0 Å². The Bertz CT molecular complexity index is 2060. The largest absolute Gasteiger partial charge is 0.208 e. The fourth-order valence-electron chi connectivity index (χ4n) is 5.79. The lowest BCUT2D eigenvalue weighted by Gasteiger charge is -2.21. The molecule has 1 atom stereocenters. The molecule has 194 valence electrons. The first-order chi connectivity index (χ1) is 20.3. The number of fused-ring (bicyclic) bond motifs is 4. The van der Waals surface area contributed by atoms with Crippen molar-refractivity contribution in [3.8, 4) is 33.9 Å². The lowest BCUT2D eigenvalue weighted by Crippen LogP contribution is -2.08. The van der Waals surface area contributed by atoms with Gasteiger partial charge in [-0.15, -0.1) is 11.3 Å². The van der Waals surface area contributed by atoms with Crippen molar-refractivity contribution in [2.45, 2.75) is 6.42 Å². The predicted octanol–water partition coefficient (Wildman–Crippen LogP) is 9.70. The third-order valence-corrected chi connectivity index (χ3v) is 8.96. The Morgan fingerprint density at radius 2 is 1.37 bits per heavy atom. The minimum Gasteiger partial charge on any atom is -0.208 e. The SMILES string of the molecule is C1=CC2=CC(c3nc(-c4ccccc4)nc(-c4cc(-c5ccccc5)cc5sc6ccccc6c45)n3)=CCC2C=C1. The van der Waals surface area contributed by atoms with Crippen molar-refractivity contribution < 1.29 is 0 Å². The van der Waals surface area contributed by atoms with Crippen molar-refractivity contribution >= 4 is 37.1 Å². The molecule has 2 aliphatic rings. The molecule has 0 amide bonds. The van der Waals surface area contributed by atoms with E-state index >= 15 is 0 Å². The molecule has 0 saturated carbocycles. The van der Waals surface area contributed by atoms with Crippen LogP contribution in [0.4, 0.5) is 0 Å². The summed E-state index contributed by atoms with van der Waals surface area (Å²) in [6.07, 6.45) is 14.1. The molecule has 2 aromatic heterocycles. The molecule has 0 aliphatic heterocycles. The van der Waals surface area contributed by atoms with Gasteiger partial charge in [0.1, 0.15) is 0 Å². The van der Waals surface area contributed by atoms with Crippen LogP contribution in [0.1, 0.15) is 12.2 Å². The maximum atomic E-state index is 5.19. The van der Waals surface area contributed by atoms with Crippen molar-refractivity contribution in [2.75, 3.05) is 0 Å². The number of nitrogens with zero attached hydrogens (tertiary/aromatic N) is 3. The number of benzene rings is 4. The second-order valence-corrected chi connectivity index (χ2v) is 11.5. The monoisotopic (exact) mass is 543 g/mol. The Balaban J connectivity index is 1.40. The molecule has 8 rings (SSSR count). The topological polar surface area (TPSA) is 38.7 Å². The van der Waals surface area contributed by atoms with E-state index in [4.69, 9.17) is 15.0 Å². The van der Waals surface area contributed by atoms with Gasteiger partial charge in [-0.2, -0.15) is 0 Å². The highest BCUT2D eigenvalue weighted by molar-refractivity contribution is 7.26. The Kier molecular flexibility index (Phi) is 5.78. The molecule has 0 N–H and O–H groups in total. The molecule has 0 saturated heterocycles. The highest BCUT2D eigenvalue weighted by Crippen LogP contribution is 2.42. The summed E-state index contributed by atoms with van der Waals surface area (Å²) in [5.74, 6) is 2.50. The number of hydrogen-bond donors (Lipinski definition) is 0. The molecular formula is C37H25N3S. The smallest absolute Gasteiger partial charge is 0.164 e. The zero-order valence-corrected chi connectivity index (χ0v) is 23.1. The van der Waals surface area contributed by atoms with Crippen LogP contribution in [-0.2, 0) is 0 Å². The maximum absolute atomic E-state index is 5.19. The van der Waals surface area contributed by atoms with Crippen LogP contribution in [0.25, 0.3) is 59.6 Å². The molecule has 6 aromatic rings. The van der Waals surface area contributed by atoms with E-state index < -0.39 is 0 Å². The fourth-order valence-corrected chi connectivity index (χ4v) is 6.96. The Morgan fingerprint density at radius 3 is 2.22 bits per heavy atom. The van der Waals surface area contributed by atoms with Gasteiger partial charge in [-0.3, -0.25) is 0 Å². The normalized spacial score (nSPS) is 16.0. The highest BCUT2D eigenvalue weighted by Gasteiger charge is 2.21. The molecule has 41 heavy (non-hydrogen) atoms. The molecule has 4 aromatic carbocycles. The third-order valence-electron chi connectivity index (χ3n) is 7.84. The van der Waals surface area contributed by atoms with Gasteiger partial charge < -0.3 is 0 Å². The zero-order valence-electron chi connectivity index (χ0n) is 22.2. The van der Waals surface area contributed by atoms with Crippen LogP contribution in [0.15, 0.2) is 139 Å². The first kappa shape index (κ1) is 23.9. The van der Waals surface area contributed by atoms with E-state index in [0.29, 0.717) is 23.4 Å². The van der Waals surface area contributed by atoms with E-state index in [9.17, 15) is 0 Å². The summed E-state index contributed by atoms with van der Waals surface area (Å²) in [5, 5.41) is 2.42. The van der Waals surface area contributed by atoms with Gasteiger partial charge in [0.2, 0.25) is 0 Å². The van der Waals surface area contributed by atoms with Gasteiger partial charge in [0.25, 0.3) is 0 Å². The Morgan fingerprint density at radius 1 is 0.634 bits per heavy atom. The second-order valence-electron chi connectivity index (χ2n) is 10.4. The van der Waals surface area contributed by atoms with Crippen molar-refractivity contribution in [2.24, 2.45) is 5.92 Å².